The first-order valence-electron chi connectivity index (χ1n) is 8.52. The summed E-state index contributed by atoms with van der Waals surface area (Å²) in [5, 5.41) is 0.768. The van der Waals surface area contributed by atoms with Gasteiger partial charge in [0.1, 0.15) is 23.2 Å². The van der Waals surface area contributed by atoms with Gasteiger partial charge in [-0.15, -0.1) is 0 Å². The number of pyridine rings is 1. The van der Waals surface area contributed by atoms with E-state index < -0.39 is 5.60 Å². The van der Waals surface area contributed by atoms with Gasteiger partial charge in [-0.25, -0.2) is 0 Å². The number of Topliss-reactive ketones (excluding diaryl/α,β-unsaturated/α-hetero) is 1. The Labute approximate surface area is 145 Å². The Morgan fingerprint density at radius 1 is 1.16 bits per heavy atom. The second-order valence-electron chi connectivity index (χ2n) is 7.53. The van der Waals surface area contributed by atoms with Crippen LogP contribution < -0.4 is 15.0 Å². The lowest BCUT2D eigenvalue weighted by atomic mass is 9.86. The molecule has 1 N–H and O–H groups in total. The van der Waals surface area contributed by atoms with Gasteiger partial charge < -0.3 is 14.5 Å². The number of rotatable bonds is 0. The fourth-order valence-corrected chi connectivity index (χ4v) is 3.58. The number of hydrogen-bond donors (Lipinski definition) is 1. The SMILES string of the molecule is Cc1cc(=O)[nH]c2c3c(c4c(c12)OC(C)(C)C=C4)O[C@H](C)[C@@H](C)C3=O. The molecule has 3 heterocycles. The highest BCUT2D eigenvalue weighted by atomic mass is 16.5. The molecule has 0 bridgehead atoms. The molecule has 2 atom stereocenters. The van der Waals surface area contributed by atoms with Crippen molar-refractivity contribution in [2.24, 2.45) is 5.92 Å². The van der Waals surface area contributed by atoms with Gasteiger partial charge in [0.15, 0.2) is 5.78 Å². The van der Waals surface area contributed by atoms with Crippen LogP contribution in [0, 0.1) is 12.8 Å². The molecule has 130 valence electrons. The molecule has 2 aliphatic rings. The largest absolute Gasteiger partial charge is 0.488 e. The number of hydrogen-bond acceptors (Lipinski definition) is 4. The number of ether oxygens (including phenoxy) is 2. The number of ketones is 1. The van der Waals surface area contributed by atoms with E-state index in [0.717, 1.165) is 16.5 Å². The summed E-state index contributed by atoms with van der Waals surface area (Å²) in [5.74, 6) is 0.874. The normalized spacial score (nSPS) is 23.6. The molecule has 4 rings (SSSR count). The van der Waals surface area contributed by atoms with Crippen molar-refractivity contribution in [3.8, 4) is 11.5 Å². The number of carbonyl (C=O) groups is 1. The van der Waals surface area contributed by atoms with Crippen LogP contribution in [0.25, 0.3) is 17.0 Å². The first-order chi connectivity index (χ1) is 11.7. The van der Waals surface area contributed by atoms with E-state index in [1.807, 2.05) is 46.8 Å². The van der Waals surface area contributed by atoms with Gasteiger partial charge in [0.25, 0.3) is 0 Å². The van der Waals surface area contributed by atoms with E-state index in [1.54, 1.807) is 0 Å². The van der Waals surface area contributed by atoms with Crippen LogP contribution in [0.1, 0.15) is 49.2 Å². The summed E-state index contributed by atoms with van der Waals surface area (Å²) in [4.78, 5) is 27.9. The molecule has 0 amide bonds. The monoisotopic (exact) mass is 339 g/mol. The number of benzene rings is 1. The molecule has 0 unspecified atom stereocenters. The topological polar surface area (TPSA) is 68.4 Å². The Bertz CT molecular complexity index is 1010. The molecule has 25 heavy (non-hydrogen) atoms. The molecule has 1 aromatic carbocycles. The molecule has 2 aliphatic heterocycles. The Morgan fingerprint density at radius 3 is 2.60 bits per heavy atom. The Balaban J connectivity index is 2.20. The van der Waals surface area contributed by atoms with E-state index in [2.05, 4.69) is 4.98 Å². The number of aryl methyl sites for hydroxylation is 1. The van der Waals surface area contributed by atoms with Crippen molar-refractivity contribution in [1.82, 2.24) is 4.98 Å². The minimum absolute atomic E-state index is 0.0129. The number of H-pyrrole nitrogens is 1. The summed E-state index contributed by atoms with van der Waals surface area (Å²) in [6.07, 6.45) is 3.68. The van der Waals surface area contributed by atoms with Crippen LogP contribution in [0.5, 0.6) is 11.5 Å². The summed E-state index contributed by atoms with van der Waals surface area (Å²) < 4.78 is 12.3. The second kappa shape index (κ2) is 4.97. The summed E-state index contributed by atoms with van der Waals surface area (Å²) in [6, 6.07) is 1.53. The van der Waals surface area contributed by atoms with Crippen molar-refractivity contribution in [2.75, 3.05) is 0 Å². The number of nitrogens with one attached hydrogen (secondary N) is 1. The lowest BCUT2D eigenvalue weighted by molar-refractivity contribution is 0.0730. The van der Waals surface area contributed by atoms with E-state index in [-0.39, 0.29) is 23.4 Å². The maximum atomic E-state index is 13.0. The van der Waals surface area contributed by atoms with Crippen LogP contribution in [-0.4, -0.2) is 22.5 Å². The molecule has 0 saturated heterocycles. The lowest BCUT2D eigenvalue weighted by Crippen LogP contribution is -2.35. The molecule has 2 aromatic rings. The molecular formula is C20H21NO4. The van der Waals surface area contributed by atoms with Crippen molar-refractivity contribution in [1.29, 1.82) is 0 Å². The van der Waals surface area contributed by atoms with E-state index in [9.17, 15) is 9.59 Å². The zero-order chi connectivity index (χ0) is 18.1. The van der Waals surface area contributed by atoms with Gasteiger partial charge in [0.2, 0.25) is 5.56 Å². The van der Waals surface area contributed by atoms with E-state index in [0.29, 0.717) is 22.6 Å². The Kier molecular flexibility index (Phi) is 3.17. The van der Waals surface area contributed by atoms with Crippen molar-refractivity contribution >= 4 is 22.8 Å². The van der Waals surface area contributed by atoms with Crippen molar-refractivity contribution in [2.45, 2.75) is 46.3 Å². The highest BCUT2D eigenvalue weighted by molar-refractivity contribution is 6.14. The fourth-order valence-electron chi connectivity index (χ4n) is 3.58. The Morgan fingerprint density at radius 2 is 1.88 bits per heavy atom. The number of fused-ring (bicyclic) bond motifs is 6. The molecule has 0 fully saturated rings. The first kappa shape index (κ1) is 15.9. The summed E-state index contributed by atoms with van der Waals surface area (Å²) in [6.45, 7) is 9.53. The zero-order valence-electron chi connectivity index (χ0n) is 15.0. The van der Waals surface area contributed by atoms with Crippen LogP contribution in [0.3, 0.4) is 0 Å². The highest BCUT2D eigenvalue weighted by Crippen LogP contribution is 2.48. The third-order valence-corrected chi connectivity index (χ3v) is 5.12. The molecule has 1 aromatic heterocycles. The van der Waals surface area contributed by atoms with E-state index >= 15 is 0 Å². The van der Waals surface area contributed by atoms with Gasteiger partial charge in [-0.3, -0.25) is 9.59 Å². The maximum absolute atomic E-state index is 13.0. The third kappa shape index (κ3) is 2.22. The number of aromatic amines is 1. The van der Waals surface area contributed by atoms with Gasteiger partial charge in [-0.05, 0) is 45.4 Å². The minimum atomic E-state index is -0.478. The van der Waals surface area contributed by atoms with Crippen LogP contribution in [-0.2, 0) is 0 Å². The quantitative estimate of drug-likeness (QED) is 0.796. The van der Waals surface area contributed by atoms with Crippen LogP contribution in [0.2, 0.25) is 0 Å². The smallest absolute Gasteiger partial charge is 0.248 e. The van der Waals surface area contributed by atoms with Crippen LogP contribution >= 0.6 is 0 Å². The first-order valence-corrected chi connectivity index (χ1v) is 8.52. The lowest BCUT2D eigenvalue weighted by Gasteiger charge is -2.35. The van der Waals surface area contributed by atoms with Gasteiger partial charge >= 0.3 is 0 Å². The van der Waals surface area contributed by atoms with Gasteiger partial charge in [0.05, 0.1) is 22.6 Å². The molecule has 0 radical (unpaired) electrons. The average Bonchev–Trinajstić information content (AvgIpc) is 2.50. The second-order valence-corrected chi connectivity index (χ2v) is 7.53. The Hall–Kier alpha value is -2.56. The molecule has 5 nitrogen and oxygen atoms in total. The highest BCUT2D eigenvalue weighted by Gasteiger charge is 2.38. The maximum Gasteiger partial charge on any atom is 0.248 e. The number of aromatic nitrogens is 1. The molecule has 0 spiro atoms. The average molecular weight is 339 g/mol. The van der Waals surface area contributed by atoms with Gasteiger partial charge in [0, 0.05) is 11.5 Å². The summed E-state index contributed by atoms with van der Waals surface area (Å²) in [7, 11) is 0. The van der Waals surface area contributed by atoms with Crippen molar-refractivity contribution in [3.05, 3.63) is 39.2 Å². The molecule has 0 saturated carbocycles. The number of carbonyl (C=O) groups excluding carboxylic acids is 1. The van der Waals surface area contributed by atoms with Crippen molar-refractivity contribution < 1.29 is 14.3 Å². The van der Waals surface area contributed by atoms with Crippen LogP contribution in [0.4, 0.5) is 0 Å². The summed E-state index contributed by atoms with van der Waals surface area (Å²) in [5.41, 5.74) is 1.79. The van der Waals surface area contributed by atoms with E-state index in [4.69, 9.17) is 9.47 Å². The fraction of sp³-hybridized carbons (Fsp3) is 0.400. The zero-order valence-corrected chi connectivity index (χ0v) is 15.0. The van der Waals surface area contributed by atoms with Crippen LogP contribution in [0.15, 0.2) is 16.9 Å². The molecule has 0 aliphatic carbocycles. The molecular weight excluding hydrogens is 318 g/mol. The standard InChI is InChI=1S/C20H21NO4/c1-9-8-13(22)21-16-14(9)19-12(6-7-20(4,5)25-19)18-15(16)17(23)10(2)11(3)24-18/h6-8,10-11H,1-5H3,(H,21,22)/t10-,11-/m1/s1. The predicted molar refractivity (Wildman–Crippen MR) is 96.6 cm³/mol. The van der Waals surface area contributed by atoms with Gasteiger partial charge in [-0.2, -0.15) is 0 Å². The van der Waals surface area contributed by atoms with Crippen molar-refractivity contribution in [3.63, 3.8) is 0 Å². The van der Waals surface area contributed by atoms with E-state index in [1.165, 1.54) is 6.07 Å². The van der Waals surface area contributed by atoms with Gasteiger partial charge in [-0.1, -0.05) is 6.92 Å². The summed E-state index contributed by atoms with van der Waals surface area (Å²) >= 11 is 0. The minimum Gasteiger partial charge on any atom is -0.488 e. The predicted octanol–water partition coefficient (Wildman–Crippen LogP) is 3.62. The third-order valence-electron chi connectivity index (χ3n) is 5.12. The molecule has 5 heteroatoms.